The third kappa shape index (κ3) is 2.97. The van der Waals surface area contributed by atoms with E-state index in [1.165, 1.54) is 5.56 Å². The summed E-state index contributed by atoms with van der Waals surface area (Å²) in [6, 6.07) is 15.1. The molecule has 0 amide bonds. The van der Waals surface area contributed by atoms with Gasteiger partial charge < -0.3 is 4.90 Å². The number of rotatable bonds is 4. The Kier molecular flexibility index (Phi) is 4.22. The fourth-order valence-electron chi connectivity index (χ4n) is 3.04. The highest BCUT2D eigenvalue weighted by Gasteiger charge is 2.11. The van der Waals surface area contributed by atoms with E-state index in [1.54, 1.807) is 12.4 Å². The van der Waals surface area contributed by atoms with Crippen LogP contribution in [0.25, 0.3) is 28.1 Å². The highest BCUT2D eigenvalue weighted by molar-refractivity contribution is 5.76. The first kappa shape index (κ1) is 16.4. The first-order valence-electron chi connectivity index (χ1n) is 8.65. The highest BCUT2D eigenvalue weighted by Crippen LogP contribution is 2.25. The van der Waals surface area contributed by atoms with E-state index in [4.69, 9.17) is 0 Å². The van der Waals surface area contributed by atoms with Gasteiger partial charge in [-0.05, 0) is 44.8 Å². The summed E-state index contributed by atoms with van der Waals surface area (Å²) in [6.07, 6.45) is 7.22. The number of imidazole rings is 1. The van der Waals surface area contributed by atoms with Crippen LogP contribution in [-0.4, -0.2) is 38.5 Å². The van der Waals surface area contributed by atoms with Crippen molar-refractivity contribution in [3.63, 3.8) is 0 Å². The minimum atomic E-state index is 0.378. The lowest BCUT2D eigenvalue weighted by atomic mass is 10.1. The third-order valence-electron chi connectivity index (χ3n) is 4.80. The first-order valence-corrected chi connectivity index (χ1v) is 8.65. The zero-order valence-electron chi connectivity index (χ0n) is 15.2. The van der Waals surface area contributed by atoms with Crippen LogP contribution in [0.5, 0.6) is 0 Å². The van der Waals surface area contributed by atoms with E-state index in [1.807, 2.05) is 30.6 Å². The van der Waals surface area contributed by atoms with Crippen molar-refractivity contribution in [1.29, 1.82) is 0 Å². The lowest BCUT2D eigenvalue weighted by Gasteiger charge is -2.20. The van der Waals surface area contributed by atoms with Gasteiger partial charge in [-0.2, -0.15) is 0 Å². The molecule has 0 saturated carbocycles. The molecule has 0 saturated heterocycles. The molecule has 5 nitrogen and oxygen atoms in total. The number of hydrogen-bond donors (Lipinski definition) is 0. The van der Waals surface area contributed by atoms with Crippen molar-refractivity contribution in [2.75, 3.05) is 14.1 Å². The molecule has 0 fully saturated rings. The van der Waals surface area contributed by atoms with Gasteiger partial charge in [0.05, 0.1) is 11.0 Å². The number of fused-ring (bicyclic) bond motifs is 1. The largest absolute Gasteiger partial charge is 0.303 e. The molecule has 4 aromatic rings. The van der Waals surface area contributed by atoms with Gasteiger partial charge in [0.2, 0.25) is 0 Å². The summed E-state index contributed by atoms with van der Waals surface area (Å²) in [5.41, 5.74) is 5.16. The monoisotopic (exact) mass is 343 g/mol. The summed E-state index contributed by atoms with van der Waals surface area (Å²) in [5, 5.41) is 0. The van der Waals surface area contributed by atoms with Gasteiger partial charge in [-0.1, -0.05) is 24.3 Å². The Hall–Kier alpha value is -3.05. The van der Waals surface area contributed by atoms with E-state index < -0.39 is 0 Å². The van der Waals surface area contributed by atoms with Crippen LogP contribution in [0.1, 0.15) is 18.5 Å². The molecule has 26 heavy (non-hydrogen) atoms. The van der Waals surface area contributed by atoms with Crippen LogP contribution >= 0.6 is 0 Å². The van der Waals surface area contributed by atoms with Crippen LogP contribution in [0.2, 0.25) is 0 Å². The van der Waals surface area contributed by atoms with Crippen LogP contribution in [0.15, 0.2) is 67.3 Å². The Bertz CT molecular complexity index is 1030. The first-order chi connectivity index (χ1) is 12.6. The van der Waals surface area contributed by atoms with Crippen molar-refractivity contribution in [3.8, 4) is 17.1 Å². The van der Waals surface area contributed by atoms with Crippen molar-refractivity contribution in [3.05, 3.63) is 72.8 Å². The maximum absolute atomic E-state index is 4.57. The lowest BCUT2D eigenvalue weighted by molar-refractivity contribution is 0.321. The average molecular weight is 343 g/mol. The molecular formula is C21H21N5. The summed E-state index contributed by atoms with van der Waals surface area (Å²) in [6.45, 7) is 2.20. The Morgan fingerprint density at radius 2 is 1.58 bits per heavy atom. The molecule has 1 atom stereocenters. The molecule has 0 aliphatic rings. The van der Waals surface area contributed by atoms with E-state index in [0.717, 1.165) is 28.1 Å². The van der Waals surface area contributed by atoms with Crippen molar-refractivity contribution in [2.45, 2.75) is 13.0 Å². The summed E-state index contributed by atoms with van der Waals surface area (Å²) >= 11 is 0. The van der Waals surface area contributed by atoms with Gasteiger partial charge >= 0.3 is 0 Å². The Morgan fingerprint density at radius 3 is 2.31 bits per heavy atom. The molecule has 0 aliphatic carbocycles. The van der Waals surface area contributed by atoms with E-state index >= 15 is 0 Å². The van der Waals surface area contributed by atoms with Crippen LogP contribution in [0.4, 0.5) is 0 Å². The van der Waals surface area contributed by atoms with Crippen LogP contribution in [0.3, 0.4) is 0 Å². The molecule has 2 aromatic carbocycles. The van der Waals surface area contributed by atoms with E-state index in [-0.39, 0.29) is 0 Å². The zero-order valence-corrected chi connectivity index (χ0v) is 15.2. The predicted molar refractivity (Wildman–Crippen MR) is 104 cm³/mol. The van der Waals surface area contributed by atoms with Gasteiger partial charge in [-0.3, -0.25) is 14.5 Å². The second-order valence-corrected chi connectivity index (χ2v) is 6.61. The number of nitrogens with zero attached hydrogens (tertiary/aromatic N) is 5. The Balaban J connectivity index is 1.72. The summed E-state index contributed by atoms with van der Waals surface area (Å²) in [5.74, 6) is 0.914. The minimum absolute atomic E-state index is 0.378. The average Bonchev–Trinajstić information content (AvgIpc) is 3.17. The fourth-order valence-corrected chi connectivity index (χ4v) is 3.04. The van der Waals surface area contributed by atoms with Crippen LogP contribution < -0.4 is 0 Å². The van der Waals surface area contributed by atoms with Gasteiger partial charge in [0, 0.05) is 42.1 Å². The van der Waals surface area contributed by atoms with E-state index in [9.17, 15) is 0 Å². The molecular weight excluding hydrogens is 322 g/mol. The molecule has 5 heteroatoms. The molecule has 130 valence electrons. The van der Waals surface area contributed by atoms with Crippen LogP contribution in [0, 0.1) is 0 Å². The highest BCUT2D eigenvalue weighted by atomic mass is 15.1. The lowest BCUT2D eigenvalue weighted by Crippen LogP contribution is -2.16. The number of hydrogen-bond acceptors (Lipinski definition) is 4. The van der Waals surface area contributed by atoms with Crippen molar-refractivity contribution in [2.24, 2.45) is 0 Å². The maximum atomic E-state index is 4.57. The van der Waals surface area contributed by atoms with Gasteiger partial charge in [-0.25, -0.2) is 4.98 Å². The maximum Gasteiger partial charge on any atom is 0.144 e. The molecule has 0 unspecified atom stereocenters. The molecule has 0 bridgehead atoms. The third-order valence-corrected chi connectivity index (χ3v) is 4.80. The number of aromatic nitrogens is 4. The zero-order chi connectivity index (χ0) is 18.1. The normalized spacial score (nSPS) is 12.6. The van der Waals surface area contributed by atoms with Gasteiger partial charge in [-0.15, -0.1) is 0 Å². The second kappa shape index (κ2) is 6.69. The summed E-state index contributed by atoms with van der Waals surface area (Å²) in [7, 11) is 4.18. The topological polar surface area (TPSA) is 46.8 Å². The summed E-state index contributed by atoms with van der Waals surface area (Å²) in [4.78, 5) is 15.5. The standard InChI is InChI=1S/C21H21N5/c1-15(25(2)3)16-4-6-17(7-5-16)21-24-12-13-26(21)18-8-9-19-20(14-18)23-11-10-22-19/h4-15H,1-3H3/t15-/m1/s1. The fraction of sp³-hybridized carbons (Fsp3) is 0.190. The second-order valence-electron chi connectivity index (χ2n) is 6.61. The van der Waals surface area contributed by atoms with E-state index in [2.05, 4.69) is 69.7 Å². The van der Waals surface area contributed by atoms with Crippen molar-refractivity contribution < 1.29 is 0 Å². The molecule has 0 radical (unpaired) electrons. The van der Waals surface area contributed by atoms with E-state index in [0.29, 0.717) is 6.04 Å². The van der Waals surface area contributed by atoms with Gasteiger partial charge in [0.15, 0.2) is 0 Å². The smallest absolute Gasteiger partial charge is 0.144 e. The molecule has 2 heterocycles. The minimum Gasteiger partial charge on any atom is -0.303 e. The Labute approximate surface area is 153 Å². The molecule has 4 rings (SSSR count). The van der Waals surface area contributed by atoms with Gasteiger partial charge in [0.25, 0.3) is 0 Å². The Morgan fingerprint density at radius 1 is 0.846 bits per heavy atom. The SMILES string of the molecule is C[C@H](c1ccc(-c2nccn2-c2ccc3nccnc3c2)cc1)N(C)C. The van der Waals surface area contributed by atoms with Crippen molar-refractivity contribution in [1.82, 2.24) is 24.4 Å². The van der Waals surface area contributed by atoms with Crippen LogP contribution in [-0.2, 0) is 0 Å². The van der Waals surface area contributed by atoms with Gasteiger partial charge in [0.1, 0.15) is 5.82 Å². The predicted octanol–water partition coefficient (Wildman–Crippen LogP) is 4.11. The van der Waals surface area contributed by atoms with Crippen molar-refractivity contribution >= 4 is 11.0 Å². The molecule has 0 N–H and O–H groups in total. The molecule has 0 aliphatic heterocycles. The molecule has 0 spiro atoms. The molecule has 2 aromatic heterocycles. The summed E-state index contributed by atoms with van der Waals surface area (Å²) < 4.78 is 2.08. The number of benzene rings is 2. The quantitative estimate of drug-likeness (QED) is 0.559.